The van der Waals surface area contributed by atoms with E-state index in [1.165, 1.54) is 0 Å². The lowest BCUT2D eigenvalue weighted by Gasteiger charge is -1.97. The van der Waals surface area contributed by atoms with Crippen molar-refractivity contribution >= 4 is 15.9 Å². The zero-order valence-corrected chi connectivity index (χ0v) is 8.27. The lowest BCUT2D eigenvalue weighted by molar-refractivity contribution is 0.172. The highest BCUT2D eigenvalue weighted by molar-refractivity contribution is 9.11. The van der Waals surface area contributed by atoms with E-state index in [2.05, 4.69) is 20.7 Å². The van der Waals surface area contributed by atoms with Crippen LogP contribution in [0.15, 0.2) is 23.2 Å². The first-order valence-electron chi connectivity index (χ1n) is 3.42. The molecule has 0 saturated carbocycles. The van der Waals surface area contributed by atoms with Crippen LogP contribution in [-0.4, -0.2) is 6.61 Å². The Bertz CT molecular complexity index is 152. The zero-order chi connectivity index (χ0) is 8.69. The molecular formula is C8H12BrFO. The number of allylic oxidation sites excluding steroid dienone is 1. The van der Waals surface area contributed by atoms with Crippen molar-refractivity contribution in [2.24, 2.45) is 5.92 Å². The van der Waals surface area contributed by atoms with E-state index < -0.39 is 6.01 Å². The van der Waals surface area contributed by atoms with Crippen LogP contribution in [0.4, 0.5) is 4.39 Å². The van der Waals surface area contributed by atoms with Crippen LogP contribution in [0.25, 0.3) is 0 Å². The molecule has 0 amide bonds. The molecule has 0 N–H and O–H groups in total. The predicted molar refractivity (Wildman–Crippen MR) is 48.0 cm³/mol. The van der Waals surface area contributed by atoms with Crippen LogP contribution < -0.4 is 0 Å². The molecule has 0 fully saturated rings. The molecule has 0 bridgehead atoms. The lowest BCUT2D eigenvalue weighted by Crippen LogP contribution is -1.87. The van der Waals surface area contributed by atoms with Gasteiger partial charge in [0.1, 0.15) is 6.61 Å². The molecule has 0 unspecified atom stereocenters. The summed E-state index contributed by atoms with van der Waals surface area (Å²) in [6.07, 6.45) is 3.75. The van der Waals surface area contributed by atoms with Gasteiger partial charge >= 0.3 is 0 Å². The highest BCUT2D eigenvalue weighted by atomic mass is 79.9. The number of ether oxygens (including phenoxy) is 1. The summed E-state index contributed by atoms with van der Waals surface area (Å²) in [4.78, 5) is 1.11. The Morgan fingerprint density at radius 1 is 1.64 bits per heavy atom. The van der Waals surface area contributed by atoms with Gasteiger partial charge in [0, 0.05) is 0 Å². The molecule has 11 heavy (non-hydrogen) atoms. The van der Waals surface area contributed by atoms with Gasteiger partial charge in [0.15, 0.2) is 0 Å². The van der Waals surface area contributed by atoms with Crippen molar-refractivity contribution in [1.82, 2.24) is 0 Å². The van der Waals surface area contributed by atoms with Gasteiger partial charge in [-0.15, -0.1) is 0 Å². The quantitative estimate of drug-likeness (QED) is 0.524. The van der Waals surface area contributed by atoms with Crippen LogP contribution in [0.2, 0.25) is 0 Å². The second kappa shape index (κ2) is 6.40. The Balaban J connectivity index is 3.42. The van der Waals surface area contributed by atoms with Crippen molar-refractivity contribution < 1.29 is 9.13 Å². The maximum Gasteiger partial charge on any atom is 0.280 e. The minimum Gasteiger partial charge on any atom is -0.466 e. The fourth-order valence-corrected chi connectivity index (χ4v) is 0.619. The van der Waals surface area contributed by atoms with Gasteiger partial charge < -0.3 is 4.74 Å². The largest absolute Gasteiger partial charge is 0.466 e. The lowest BCUT2D eigenvalue weighted by atomic mass is 10.2. The SMILES string of the molecule is CC(C)/C=C/CO/C(F)=C/Br. The van der Waals surface area contributed by atoms with E-state index >= 15 is 0 Å². The van der Waals surface area contributed by atoms with E-state index in [1.54, 1.807) is 6.08 Å². The summed E-state index contributed by atoms with van der Waals surface area (Å²) in [6, 6.07) is -0.599. The molecule has 64 valence electrons. The molecule has 3 heteroatoms. The van der Waals surface area contributed by atoms with Crippen molar-refractivity contribution in [3.05, 3.63) is 23.2 Å². The number of hydrogen-bond acceptors (Lipinski definition) is 1. The van der Waals surface area contributed by atoms with Gasteiger partial charge in [0.05, 0.1) is 4.99 Å². The highest BCUT2D eigenvalue weighted by Crippen LogP contribution is 2.02. The molecule has 0 radical (unpaired) electrons. The van der Waals surface area contributed by atoms with Gasteiger partial charge in [0.25, 0.3) is 6.01 Å². The smallest absolute Gasteiger partial charge is 0.280 e. The topological polar surface area (TPSA) is 9.23 Å². The molecule has 0 rings (SSSR count). The summed E-state index contributed by atoms with van der Waals surface area (Å²) in [7, 11) is 0. The van der Waals surface area contributed by atoms with E-state index in [0.29, 0.717) is 5.92 Å². The molecule has 0 aromatic carbocycles. The Kier molecular flexibility index (Phi) is 6.22. The normalized spacial score (nSPS) is 13.0. The first-order chi connectivity index (χ1) is 5.16. The van der Waals surface area contributed by atoms with Gasteiger partial charge in [0.2, 0.25) is 0 Å². The molecule has 0 atom stereocenters. The van der Waals surface area contributed by atoms with Gasteiger partial charge in [-0.1, -0.05) is 41.9 Å². The van der Waals surface area contributed by atoms with Crippen molar-refractivity contribution in [2.45, 2.75) is 13.8 Å². The molecule has 0 saturated heterocycles. The van der Waals surface area contributed by atoms with Crippen molar-refractivity contribution in [2.75, 3.05) is 6.61 Å². The summed E-state index contributed by atoms with van der Waals surface area (Å²) >= 11 is 2.81. The van der Waals surface area contributed by atoms with Crippen LogP contribution in [0.5, 0.6) is 0 Å². The minimum absolute atomic E-state index is 0.284. The molecule has 1 nitrogen and oxygen atoms in total. The van der Waals surface area contributed by atoms with E-state index in [0.717, 1.165) is 4.99 Å². The highest BCUT2D eigenvalue weighted by Gasteiger charge is 1.89. The molecule has 0 aromatic heterocycles. The fourth-order valence-electron chi connectivity index (χ4n) is 0.487. The van der Waals surface area contributed by atoms with E-state index in [9.17, 15) is 4.39 Å². The summed E-state index contributed by atoms with van der Waals surface area (Å²) in [5, 5.41) is 0. The third-order valence-corrected chi connectivity index (χ3v) is 1.28. The van der Waals surface area contributed by atoms with E-state index in [-0.39, 0.29) is 6.61 Å². The summed E-state index contributed by atoms with van der Waals surface area (Å²) in [5.74, 6) is 0.481. The number of halogens is 2. The molecule has 0 spiro atoms. The molecular weight excluding hydrogens is 211 g/mol. The predicted octanol–water partition coefficient (Wildman–Crippen LogP) is 3.38. The molecule has 0 heterocycles. The van der Waals surface area contributed by atoms with Crippen LogP contribution in [0, 0.1) is 5.92 Å². The maximum absolute atomic E-state index is 12.2. The maximum atomic E-state index is 12.2. The number of hydrogen-bond donors (Lipinski definition) is 0. The molecule has 0 aliphatic rings. The number of rotatable bonds is 4. The van der Waals surface area contributed by atoms with Crippen molar-refractivity contribution in [3.8, 4) is 0 Å². The van der Waals surface area contributed by atoms with Gasteiger partial charge in [-0.05, 0) is 5.92 Å². The van der Waals surface area contributed by atoms with Crippen LogP contribution in [-0.2, 0) is 4.74 Å². The van der Waals surface area contributed by atoms with E-state index in [4.69, 9.17) is 0 Å². The van der Waals surface area contributed by atoms with Gasteiger partial charge in [-0.3, -0.25) is 0 Å². The molecule has 0 aromatic rings. The summed E-state index contributed by atoms with van der Waals surface area (Å²) in [5.41, 5.74) is 0. The second-order valence-electron chi connectivity index (χ2n) is 2.40. The average molecular weight is 223 g/mol. The molecule has 0 aliphatic heterocycles. The first kappa shape index (κ1) is 10.7. The fraction of sp³-hybridized carbons (Fsp3) is 0.500. The first-order valence-corrected chi connectivity index (χ1v) is 4.33. The summed E-state index contributed by atoms with van der Waals surface area (Å²) < 4.78 is 16.8. The second-order valence-corrected chi connectivity index (χ2v) is 2.85. The van der Waals surface area contributed by atoms with Crippen molar-refractivity contribution in [1.29, 1.82) is 0 Å². The van der Waals surface area contributed by atoms with Crippen molar-refractivity contribution in [3.63, 3.8) is 0 Å². The van der Waals surface area contributed by atoms with Gasteiger partial charge in [-0.2, -0.15) is 4.39 Å². The van der Waals surface area contributed by atoms with Gasteiger partial charge in [-0.25, -0.2) is 0 Å². The van der Waals surface area contributed by atoms with E-state index in [1.807, 2.05) is 19.9 Å². The zero-order valence-electron chi connectivity index (χ0n) is 6.68. The monoisotopic (exact) mass is 222 g/mol. The Morgan fingerprint density at radius 2 is 2.27 bits per heavy atom. The Labute approximate surface area is 75.1 Å². The minimum atomic E-state index is -0.599. The van der Waals surface area contributed by atoms with Crippen LogP contribution >= 0.6 is 15.9 Å². The standard InChI is InChI=1S/C8H12BrFO/c1-7(2)4-3-5-11-8(10)6-9/h3-4,6-7H,5H2,1-2H3/b4-3+,8-6+. The summed E-state index contributed by atoms with van der Waals surface area (Å²) in [6.45, 7) is 4.38. The Morgan fingerprint density at radius 3 is 2.73 bits per heavy atom. The molecule has 0 aliphatic carbocycles. The van der Waals surface area contributed by atoms with Crippen LogP contribution in [0.3, 0.4) is 0 Å². The van der Waals surface area contributed by atoms with Crippen LogP contribution in [0.1, 0.15) is 13.8 Å². The third-order valence-electron chi connectivity index (χ3n) is 0.924. The third kappa shape index (κ3) is 7.59. The Hall–Kier alpha value is -0.310. The average Bonchev–Trinajstić information content (AvgIpc) is 1.97.